The van der Waals surface area contributed by atoms with Crippen molar-refractivity contribution in [2.24, 2.45) is 16.5 Å². The highest BCUT2D eigenvalue weighted by atomic mass is 16.6. The number of aliphatic imine (C=N–C) groups is 1. The van der Waals surface area contributed by atoms with E-state index >= 15 is 0 Å². The summed E-state index contributed by atoms with van der Waals surface area (Å²) in [4.78, 5) is 26.5. The van der Waals surface area contributed by atoms with E-state index < -0.39 is 11.7 Å². The van der Waals surface area contributed by atoms with Crippen LogP contribution in [0.2, 0.25) is 0 Å². The van der Waals surface area contributed by atoms with Crippen LogP contribution < -0.4 is 16.8 Å². The predicted molar refractivity (Wildman–Crippen MR) is 85.9 cm³/mol. The molecule has 7 nitrogen and oxygen atoms in total. The van der Waals surface area contributed by atoms with Gasteiger partial charge in [-0.1, -0.05) is 6.07 Å². The molecule has 0 fully saturated rings. The monoisotopic (exact) mass is 304 g/mol. The number of nitrogens with one attached hydrogen (secondary N) is 1. The third-order valence-electron chi connectivity index (χ3n) is 2.34. The van der Waals surface area contributed by atoms with Crippen molar-refractivity contribution in [3.8, 4) is 0 Å². The van der Waals surface area contributed by atoms with Crippen molar-refractivity contribution in [3.63, 3.8) is 0 Å². The number of benzene rings is 1. The molecule has 0 atom stereocenters. The lowest BCUT2D eigenvalue weighted by atomic mass is 10.2. The Hall–Kier alpha value is -2.83. The van der Waals surface area contributed by atoms with Gasteiger partial charge in [-0.05, 0) is 39.0 Å². The molecule has 0 unspecified atom stereocenters. The van der Waals surface area contributed by atoms with E-state index in [1.165, 1.54) is 0 Å². The number of amidine groups is 1. The van der Waals surface area contributed by atoms with Crippen LogP contribution >= 0.6 is 0 Å². The third kappa shape index (κ3) is 5.66. The van der Waals surface area contributed by atoms with Gasteiger partial charge in [0, 0.05) is 11.9 Å². The lowest BCUT2D eigenvalue weighted by Crippen LogP contribution is -2.27. The van der Waals surface area contributed by atoms with Gasteiger partial charge in [0.05, 0.1) is 11.3 Å². The Balaban J connectivity index is 2.89. The molecule has 0 saturated carbocycles. The molecule has 118 valence electrons. The van der Waals surface area contributed by atoms with Crippen LogP contribution in [0.5, 0.6) is 0 Å². The number of rotatable bonds is 4. The van der Waals surface area contributed by atoms with Crippen molar-refractivity contribution in [1.82, 2.24) is 0 Å². The minimum absolute atomic E-state index is 0.00748. The van der Waals surface area contributed by atoms with Crippen molar-refractivity contribution in [2.75, 3.05) is 5.32 Å². The Labute approximate surface area is 129 Å². The Bertz CT molecular complexity index is 615. The quantitative estimate of drug-likeness (QED) is 0.340. The van der Waals surface area contributed by atoms with Crippen LogP contribution in [0.15, 0.2) is 41.0 Å². The van der Waals surface area contributed by atoms with Gasteiger partial charge in [0.1, 0.15) is 11.4 Å². The molecule has 0 aliphatic rings. The molecule has 1 rings (SSSR count). The molecular formula is C15H20N4O3. The Kier molecular flexibility index (Phi) is 5.68. The van der Waals surface area contributed by atoms with Gasteiger partial charge in [-0.25, -0.2) is 9.79 Å². The van der Waals surface area contributed by atoms with Crippen molar-refractivity contribution in [2.45, 2.75) is 26.4 Å². The average molecular weight is 304 g/mol. The standard InChI is InChI=1S/C15H20N4O3/c1-15(2,3)22-14(21)19-12-6-4-5-11(7-12)18-13(17)10(8-16)9-20/h4-9H,16H2,1-3H3,(H2,17,18)(H,19,21)/b10-8-. The maximum Gasteiger partial charge on any atom is 0.412 e. The molecular weight excluding hydrogens is 284 g/mol. The zero-order valence-corrected chi connectivity index (χ0v) is 12.8. The predicted octanol–water partition coefficient (Wildman–Crippen LogP) is 2.06. The van der Waals surface area contributed by atoms with Gasteiger partial charge in [0.2, 0.25) is 0 Å². The van der Waals surface area contributed by atoms with Crippen LogP contribution in [0.25, 0.3) is 0 Å². The third-order valence-corrected chi connectivity index (χ3v) is 2.34. The second-order valence-electron chi connectivity index (χ2n) is 5.41. The molecule has 0 bridgehead atoms. The van der Waals surface area contributed by atoms with Crippen LogP contribution in [0.4, 0.5) is 16.2 Å². The van der Waals surface area contributed by atoms with Gasteiger partial charge in [0.15, 0.2) is 6.29 Å². The maximum absolute atomic E-state index is 11.7. The van der Waals surface area contributed by atoms with E-state index in [9.17, 15) is 9.59 Å². The first-order valence-electron chi connectivity index (χ1n) is 6.57. The normalized spacial score (nSPS) is 12.7. The molecule has 1 aromatic carbocycles. The van der Waals surface area contributed by atoms with Crippen LogP contribution in [0, 0.1) is 0 Å². The van der Waals surface area contributed by atoms with Crippen molar-refractivity contribution in [3.05, 3.63) is 36.0 Å². The van der Waals surface area contributed by atoms with Gasteiger partial charge in [0.25, 0.3) is 0 Å². The summed E-state index contributed by atoms with van der Waals surface area (Å²) in [5.74, 6) is -0.00748. The van der Waals surface area contributed by atoms with E-state index in [-0.39, 0.29) is 11.4 Å². The molecule has 0 heterocycles. The topological polar surface area (TPSA) is 120 Å². The van der Waals surface area contributed by atoms with Crippen molar-refractivity contribution >= 4 is 29.6 Å². The summed E-state index contributed by atoms with van der Waals surface area (Å²) < 4.78 is 5.15. The number of hydrogen-bond acceptors (Lipinski definition) is 5. The number of carbonyl (C=O) groups is 2. The molecule has 0 radical (unpaired) electrons. The number of hydrogen-bond donors (Lipinski definition) is 3. The number of nitrogens with two attached hydrogens (primary N) is 2. The van der Waals surface area contributed by atoms with Gasteiger partial charge >= 0.3 is 6.09 Å². The second-order valence-corrected chi connectivity index (χ2v) is 5.41. The zero-order chi connectivity index (χ0) is 16.8. The molecule has 0 aromatic heterocycles. The highest BCUT2D eigenvalue weighted by Gasteiger charge is 2.16. The van der Waals surface area contributed by atoms with Crippen molar-refractivity contribution in [1.29, 1.82) is 0 Å². The van der Waals surface area contributed by atoms with Crippen molar-refractivity contribution < 1.29 is 14.3 Å². The summed E-state index contributed by atoms with van der Waals surface area (Å²) >= 11 is 0. The van der Waals surface area contributed by atoms with Gasteiger partial charge in [-0.3, -0.25) is 10.1 Å². The molecule has 1 amide bonds. The Morgan fingerprint density at radius 2 is 2.05 bits per heavy atom. The number of amides is 1. The summed E-state index contributed by atoms with van der Waals surface area (Å²) in [5.41, 5.74) is 11.4. The molecule has 1 aromatic rings. The summed E-state index contributed by atoms with van der Waals surface area (Å²) in [5, 5.41) is 2.59. The summed E-state index contributed by atoms with van der Waals surface area (Å²) in [6.45, 7) is 5.32. The highest BCUT2D eigenvalue weighted by molar-refractivity contribution is 6.13. The maximum atomic E-state index is 11.7. The largest absolute Gasteiger partial charge is 0.444 e. The second kappa shape index (κ2) is 7.26. The number of nitrogens with zero attached hydrogens (tertiary/aromatic N) is 1. The van der Waals surface area contributed by atoms with Crippen LogP contribution in [0.3, 0.4) is 0 Å². The lowest BCUT2D eigenvalue weighted by Gasteiger charge is -2.19. The number of carbonyl (C=O) groups excluding carboxylic acids is 2. The Morgan fingerprint density at radius 3 is 2.59 bits per heavy atom. The fourth-order valence-electron chi connectivity index (χ4n) is 1.46. The molecule has 0 aliphatic heterocycles. The van der Waals surface area contributed by atoms with E-state index in [1.807, 2.05) is 0 Å². The molecule has 0 saturated heterocycles. The number of ether oxygens (including phenoxy) is 1. The number of aldehydes is 1. The van der Waals surface area contributed by atoms with Crippen LogP contribution in [-0.2, 0) is 9.53 Å². The van der Waals surface area contributed by atoms with E-state index in [0.29, 0.717) is 17.7 Å². The van der Waals surface area contributed by atoms with E-state index in [4.69, 9.17) is 16.2 Å². The fourth-order valence-corrected chi connectivity index (χ4v) is 1.46. The number of anilines is 1. The van der Waals surface area contributed by atoms with Gasteiger partial charge in [-0.15, -0.1) is 0 Å². The average Bonchev–Trinajstić information content (AvgIpc) is 2.38. The lowest BCUT2D eigenvalue weighted by molar-refractivity contribution is -0.104. The van der Waals surface area contributed by atoms with Crippen LogP contribution in [-0.4, -0.2) is 23.8 Å². The molecule has 22 heavy (non-hydrogen) atoms. The fraction of sp³-hybridized carbons (Fsp3) is 0.267. The highest BCUT2D eigenvalue weighted by Crippen LogP contribution is 2.19. The smallest absolute Gasteiger partial charge is 0.412 e. The summed E-state index contributed by atoms with van der Waals surface area (Å²) in [6.07, 6.45) is 1.02. The molecule has 7 heteroatoms. The summed E-state index contributed by atoms with van der Waals surface area (Å²) in [6, 6.07) is 6.63. The van der Waals surface area contributed by atoms with E-state index in [0.717, 1.165) is 6.20 Å². The minimum Gasteiger partial charge on any atom is -0.444 e. The van der Waals surface area contributed by atoms with Gasteiger partial charge in [-0.2, -0.15) is 0 Å². The minimum atomic E-state index is -0.588. The van der Waals surface area contributed by atoms with Gasteiger partial charge < -0.3 is 16.2 Å². The molecule has 0 spiro atoms. The van der Waals surface area contributed by atoms with Crippen LogP contribution in [0.1, 0.15) is 20.8 Å². The zero-order valence-electron chi connectivity index (χ0n) is 12.8. The Morgan fingerprint density at radius 1 is 1.36 bits per heavy atom. The SMILES string of the molecule is CC(C)(C)OC(=O)Nc1cccc(N=C(N)/C(C=O)=C\N)c1. The first-order valence-corrected chi connectivity index (χ1v) is 6.57. The van der Waals surface area contributed by atoms with E-state index in [1.54, 1.807) is 45.0 Å². The first-order chi connectivity index (χ1) is 10.2. The summed E-state index contributed by atoms with van der Waals surface area (Å²) in [7, 11) is 0. The molecule has 5 N–H and O–H groups in total. The first kappa shape index (κ1) is 17.2. The molecule has 0 aliphatic carbocycles. The van der Waals surface area contributed by atoms with E-state index in [2.05, 4.69) is 10.3 Å².